The van der Waals surface area contributed by atoms with Crippen molar-refractivity contribution in [1.82, 2.24) is 5.32 Å². The van der Waals surface area contributed by atoms with Crippen LogP contribution in [0.2, 0.25) is 10.0 Å². The molecule has 0 bridgehead atoms. The van der Waals surface area contributed by atoms with E-state index >= 15 is 0 Å². The predicted octanol–water partition coefficient (Wildman–Crippen LogP) is 5.29. The largest absolute Gasteiger partial charge is 0.493 e. The molecule has 27 heavy (non-hydrogen) atoms. The molecule has 0 unspecified atom stereocenters. The molecule has 1 aliphatic rings. The minimum atomic E-state index is -0.222. The number of benzene rings is 2. The van der Waals surface area contributed by atoms with Crippen LogP contribution in [0.5, 0.6) is 11.5 Å². The number of carbonyl (C=O) groups is 1. The topological polar surface area (TPSA) is 59.9 Å². The molecule has 0 spiro atoms. The lowest BCUT2D eigenvalue weighted by atomic mass is 10.2. The molecule has 0 aliphatic carbocycles. The molecule has 2 aromatic carbocycles. The van der Waals surface area contributed by atoms with Gasteiger partial charge >= 0.3 is 0 Å². The van der Waals surface area contributed by atoms with Crippen molar-refractivity contribution < 1.29 is 14.3 Å². The number of hydrogen-bond donors (Lipinski definition) is 1. The zero-order valence-electron chi connectivity index (χ0n) is 14.6. The second-order valence-corrected chi connectivity index (χ2v) is 7.36. The van der Waals surface area contributed by atoms with Crippen molar-refractivity contribution in [1.29, 1.82) is 0 Å². The van der Waals surface area contributed by atoms with Gasteiger partial charge in [-0.3, -0.25) is 4.79 Å². The summed E-state index contributed by atoms with van der Waals surface area (Å²) in [7, 11) is 1.58. The number of amidine groups is 1. The first kappa shape index (κ1) is 19.6. The van der Waals surface area contributed by atoms with Gasteiger partial charge in [0.1, 0.15) is 0 Å². The molecule has 5 nitrogen and oxygen atoms in total. The lowest BCUT2D eigenvalue weighted by Gasteiger charge is -2.09. The Hall–Kier alpha value is -2.15. The van der Waals surface area contributed by atoms with E-state index in [0.29, 0.717) is 43.9 Å². The van der Waals surface area contributed by atoms with Gasteiger partial charge in [-0.15, -0.1) is 0 Å². The van der Waals surface area contributed by atoms with E-state index in [9.17, 15) is 4.79 Å². The van der Waals surface area contributed by atoms with E-state index in [1.807, 2.05) is 25.1 Å². The first-order chi connectivity index (χ1) is 13.0. The van der Waals surface area contributed by atoms with E-state index in [4.69, 9.17) is 32.7 Å². The Morgan fingerprint density at radius 2 is 1.89 bits per heavy atom. The van der Waals surface area contributed by atoms with Gasteiger partial charge < -0.3 is 14.8 Å². The van der Waals surface area contributed by atoms with Crippen LogP contribution in [0, 0.1) is 0 Å². The Kier molecular flexibility index (Phi) is 6.31. The summed E-state index contributed by atoms with van der Waals surface area (Å²) in [6.07, 6.45) is 1.77. The number of amides is 1. The van der Waals surface area contributed by atoms with Crippen LogP contribution in [-0.4, -0.2) is 24.8 Å². The van der Waals surface area contributed by atoms with Gasteiger partial charge in [0.05, 0.1) is 24.3 Å². The first-order valence-corrected chi connectivity index (χ1v) is 9.62. The minimum absolute atomic E-state index is 0.222. The fourth-order valence-electron chi connectivity index (χ4n) is 2.40. The number of nitrogens with zero attached hydrogens (tertiary/aromatic N) is 1. The normalized spacial score (nSPS) is 16.7. The molecule has 1 heterocycles. The highest BCUT2D eigenvalue weighted by Gasteiger charge is 2.24. The molecular formula is C19H16Cl2N2O3S. The molecule has 3 rings (SSSR count). The van der Waals surface area contributed by atoms with Gasteiger partial charge in [0.15, 0.2) is 16.7 Å². The number of halogens is 2. The molecule has 1 amide bonds. The summed E-state index contributed by atoms with van der Waals surface area (Å²) >= 11 is 13.2. The summed E-state index contributed by atoms with van der Waals surface area (Å²) in [4.78, 5) is 17.2. The van der Waals surface area contributed by atoms with Crippen LogP contribution in [0.1, 0.15) is 12.5 Å². The molecule has 2 aromatic rings. The molecule has 0 aromatic heterocycles. The van der Waals surface area contributed by atoms with E-state index in [1.165, 1.54) is 11.8 Å². The molecule has 1 aliphatic heterocycles. The lowest BCUT2D eigenvalue weighted by molar-refractivity contribution is -0.115. The zero-order chi connectivity index (χ0) is 19.4. The molecule has 0 atom stereocenters. The van der Waals surface area contributed by atoms with Crippen molar-refractivity contribution in [3.63, 3.8) is 0 Å². The SMILES string of the molecule is CCOc1ccc(C=C2SC(=Nc3cc(Cl)cc(Cl)c3)NC2=O)cc1OC. The van der Waals surface area contributed by atoms with E-state index in [0.717, 1.165) is 5.56 Å². The molecule has 8 heteroatoms. The van der Waals surface area contributed by atoms with Crippen LogP contribution >= 0.6 is 35.0 Å². The Balaban J connectivity index is 1.84. The number of thioether (sulfide) groups is 1. The van der Waals surface area contributed by atoms with E-state index in [2.05, 4.69) is 10.3 Å². The van der Waals surface area contributed by atoms with Gasteiger partial charge in [0.25, 0.3) is 5.91 Å². The fraction of sp³-hybridized carbons (Fsp3) is 0.158. The van der Waals surface area contributed by atoms with Gasteiger partial charge in [0, 0.05) is 10.0 Å². The zero-order valence-corrected chi connectivity index (χ0v) is 16.9. The quantitative estimate of drug-likeness (QED) is 0.664. The summed E-state index contributed by atoms with van der Waals surface area (Å²) in [6, 6.07) is 10.5. The monoisotopic (exact) mass is 422 g/mol. The van der Waals surface area contributed by atoms with Crippen LogP contribution in [0.25, 0.3) is 6.08 Å². The van der Waals surface area contributed by atoms with Crippen molar-refractivity contribution in [2.24, 2.45) is 4.99 Å². The van der Waals surface area contributed by atoms with Crippen LogP contribution in [0.4, 0.5) is 5.69 Å². The summed E-state index contributed by atoms with van der Waals surface area (Å²) in [5.41, 5.74) is 1.39. The van der Waals surface area contributed by atoms with Crippen LogP contribution in [0.3, 0.4) is 0 Å². The van der Waals surface area contributed by atoms with Crippen molar-refractivity contribution >= 4 is 57.8 Å². The first-order valence-electron chi connectivity index (χ1n) is 8.05. The second-order valence-electron chi connectivity index (χ2n) is 5.45. The van der Waals surface area contributed by atoms with E-state index < -0.39 is 0 Å². The van der Waals surface area contributed by atoms with Gasteiger partial charge in [-0.25, -0.2) is 4.99 Å². The average molecular weight is 423 g/mol. The molecule has 0 radical (unpaired) electrons. The number of ether oxygens (including phenoxy) is 2. The van der Waals surface area contributed by atoms with Gasteiger partial charge in [0.2, 0.25) is 0 Å². The van der Waals surface area contributed by atoms with Crippen LogP contribution in [-0.2, 0) is 4.79 Å². The van der Waals surface area contributed by atoms with E-state index in [-0.39, 0.29) is 5.91 Å². The fourth-order valence-corrected chi connectivity index (χ4v) is 3.76. The third-order valence-electron chi connectivity index (χ3n) is 3.51. The highest BCUT2D eigenvalue weighted by Crippen LogP contribution is 2.33. The standard InChI is InChI=1S/C19H16Cl2N2O3S/c1-3-26-15-5-4-11(6-16(15)25-2)7-17-18(24)23-19(27-17)22-14-9-12(20)8-13(21)10-14/h4-10H,3H2,1-2H3,(H,22,23,24). The van der Waals surface area contributed by atoms with E-state index in [1.54, 1.807) is 31.4 Å². The molecule has 140 valence electrons. The summed E-state index contributed by atoms with van der Waals surface area (Å²) in [5.74, 6) is 1.04. The maximum atomic E-state index is 12.2. The summed E-state index contributed by atoms with van der Waals surface area (Å²) in [6.45, 7) is 2.45. The van der Waals surface area contributed by atoms with Crippen molar-refractivity contribution in [3.05, 3.63) is 56.9 Å². The molecular weight excluding hydrogens is 407 g/mol. The number of hydrogen-bond acceptors (Lipinski definition) is 5. The Bertz CT molecular complexity index is 924. The van der Waals surface area contributed by atoms with Crippen molar-refractivity contribution in [3.8, 4) is 11.5 Å². The average Bonchev–Trinajstić information content (AvgIpc) is 2.94. The number of aliphatic imine (C=N–C) groups is 1. The third kappa shape index (κ3) is 4.97. The van der Waals surface area contributed by atoms with Gasteiger partial charge in [-0.05, 0) is 60.7 Å². The predicted molar refractivity (Wildman–Crippen MR) is 111 cm³/mol. The summed E-state index contributed by atoms with van der Waals surface area (Å²) in [5, 5.41) is 4.16. The van der Waals surface area contributed by atoms with Crippen molar-refractivity contribution in [2.75, 3.05) is 13.7 Å². The van der Waals surface area contributed by atoms with Crippen molar-refractivity contribution in [2.45, 2.75) is 6.92 Å². The second kappa shape index (κ2) is 8.69. The highest BCUT2D eigenvalue weighted by molar-refractivity contribution is 8.18. The molecule has 0 saturated carbocycles. The highest BCUT2D eigenvalue weighted by atomic mass is 35.5. The minimum Gasteiger partial charge on any atom is -0.493 e. The van der Waals surface area contributed by atoms with Gasteiger partial charge in [-0.1, -0.05) is 29.3 Å². The number of methoxy groups -OCH3 is 1. The Morgan fingerprint density at radius 3 is 2.56 bits per heavy atom. The van der Waals surface area contributed by atoms with Crippen LogP contribution < -0.4 is 14.8 Å². The van der Waals surface area contributed by atoms with Gasteiger partial charge in [-0.2, -0.15) is 0 Å². The third-order valence-corrected chi connectivity index (χ3v) is 4.86. The Labute approximate surface area is 171 Å². The molecule has 1 saturated heterocycles. The van der Waals surface area contributed by atoms with Crippen LogP contribution in [0.15, 0.2) is 46.3 Å². The Morgan fingerprint density at radius 1 is 1.15 bits per heavy atom. The maximum Gasteiger partial charge on any atom is 0.264 e. The lowest BCUT2D eigenvalue weighted by Crippen LogP contribution is -2.19. The summed E-state index contributed by atoms with van der Waals surface area (Å²) < 4.78 is 10.8. The number of nitrogens with one attached hydrogen (secondary N) is 1. The number of rotatable bonds is 5. The maximum absolute atomic E-state index is 12.2. The molecule has 1 N–H and O–H groups in total. The smallest absolute Gasteiger partial charge is 0.264 e. The number of carbonyl (C=O) groups excluding carboxylic acids is 1. The molecule has 1 fully saturated rings.